The SMILES string of the molecule is CCN1CCC(N(CCCc2ccc(C(F)(F)F)cc2)C(=O)Cn2c(SCc3cccc(F)c3F)cc(=O)c3ccccc32)CC1. The van der Waals surface area contributed by atoms with E-state index >= 15 is 0 Å². The number of amides is 1. The molecule has 1 amide bonds. The van der Waals surface area contributed by atoms with Crippen molar-refractivity contribution < 1.29 is 26.7 Å². The molecular formula is C35H36F5N3O2S. The lowest BCUT2D eigenvalue weighted by molar-refractivity contribution is -0.137. The number of carbonyl (C=O) groups excluding carboxylic acids is 1. The minimum absolute atomic E-state index is 0.00829. The standard InChI is InChI=1S/C35H36F5N3O2S/c1-2-41-19-16-27(17-20-41)42(18-6-7-24-12-14-26(15-13-24)35(38,39)40)32(45)22-43-30-11-4-3-9-28(30)31(44)21-33(43)46-23-25-8-5-10-29(36)34(25)37/h3-5,8-15,21,27H,2,6-7,16-20,22-23H2,1H3. The van der Waals surface area contributed by atoms with Crippen molar-refractivity contribution in [2.75, 3.05) is 26.2 Å². The van der Waals surface area contributed by atoms with Crippen molar-refractivity contribution >= 4 is 28.6 Å². The van der Waals surface area contributed by atoms with Gasteiger partial charge in [0.05, 0.1) is 16.1 Å². The first-order chi connectivity index (χ1) is 22.0. The first-order valence-corrected chi connectivity index (χ1v) is 16.4. The molecule has 1 saturated heterocycles. The second kappa shape index (κ2) is 14.8. The number of aryl methyl sites for hydroxylation is 1. The summed E-state index contributed by atoms with van der Waals surface area (Å²) >= 11 is 1.16. The molecule has 46 heavy (non-hydrogen) atoms. The Kier molecular flexibility index (Phi) is 10.8. The summed E-state index contributed by atoms with van der Waals surface area (Å²) in [6.45, 7) is 5.08. The number of likely N-dealkylation sites (tertiary alicyclic amines) is 1. The van der Waals surface area contributed by atoms with E-state index in [1.807, 2.05) is 4.90 Å². The van der Waals surface area contributed by atoms with Gasteiger partial charge >= 0.3 is 6.18 Å². The van der Waals surface area contributed by atoms with Gasteiger partial charge < -0.3 is 14.4 Å². The fourth-order valence-electron chi connectivity index (χ4n) is 6.00. The second-order valence-electron chi connectivity index (χ2n) is 11.5. The largest absolute Gasteiger partial charge is 0.416 e. The van der Waals surface area contributed by atoms with Gasteiger partial charge in [0.15, 0.2) is 17.1 Å². The van der Waals surface area contributed by atoms with Gasteiger partial charge in [-0.1, -0.05) is 43.3 Å². The lowest BCUT2D eigenvalue weighted by atomic mass is 10.0. The van der Waals surface area contributed by atoms with Crippen LogP contribution in [0.3, 0.4) is 0 Å². The molecule has 0 spiro atoms. The van der Waals surface area contributed by atoms with Gasteiger partial charge in [-0.15, -0.1) is 11.8 Å². The molecule has 1 aromatic heterocycles. The first-order valence-electron chi connectivity index (χ1n) is 15.4. The fourth-order valence-corrected chi connectivity index (χ4v) is 7.03. The van der Waals surface area contributed by atoms with Crippen LogP contribution in [-0.2, 0) is 29.7 Å². The van der Waals surface area contributed by atoms with Gasteiger partial charge in [-0.05, 0) is 68.1 Å². The predicted octanol–water partition coefficient (Wildman–Crippen LogP) is 7.54. The number of fused-ring (bicyclic) bond motifs is 1. The number of para-hydroxylation sites is 1. The molecule has 5 rings (SSSR count). The number of alkyl halides is 3. The molecule has 1 fully saturated rings. The zero-order valence-electron chi connectivity index (χ0n) is 25.5. The zero-order valence-corrected chi connectivity index (χ0v) is 26.3. The second-order valence-corrected chi connectivity index (χ2v) is 12.5. The highest BCUT2D eigenvalue weighted by atomic mass is 32.2. The highest BCUT2D eigenvalue weighted by Crippen LogP contribution is 2.30. The molecule has 11 heteroatoms. The van der Waals surface area contributed by atoms with E-state index in [4.69, 9.17) is 0 Å². The molecule has 0 aliphatic carbocycles. The summed E-state index contributed by atoms with van der Waals surface area (Å²) in [6, 6.07) is 17.5. The average molecular weight is 658 g/mol. The Morgan fingerprint density at radius 2 is 1.70 bits per heavy atom. The zero-order chi connectivity index (χ0) is 32.8. The van der Waals surface area contributed by atoms with Crippen molar-refractivity contribution in [3.8, 4) is 0 Å². The quantitative estimate of drug-likeness (QED) is 0.124. The first kappa shape index (κ1) is 33.7. The molecule has 0 N–H and O–H groups in total. The molecule has 3 aromatic carbocycles. The average Bonchev–Trinajstić information content (AvgIpc) is 3.05. The van der Waals surface area contributed by atoms with Crippen LogP contribution in [0.4, 0.5) is 22.0 Å². The van der Waals surface area contributed by atoms with Crippen molar-refractivity contribution in [2.45, 2.75) is 62.1 Å². The van der Waals surface area contributed by atoms with E-state index in [9.17, 15) is 31.5 Å². The number of piperidine rings is 1. The fraction of sp³-hybridized carbons (Fsp3) is 0.371. The van der Waals surface area contributed by atoms with Gasteiger partial charge in [0.25, 0.3) is 0 Å². The molecule has 2 heterocycles. The topological polar surface area (TPSA) is 45.5 Å². The van der Waals surface area contributed by atoms with Gasteiger partial charge in [0.2, 0.25) is 5.91 Å². The number of pyridine rings is 1. The number of aromatic nitrogens is 1. The number of hydrogen-bond donors (Lipinski definition) is 0. The van der Waals surface area contributed by atoms with Crippen molar-refractivity contribution in [2.24, 2.45) is 0 Å². The Bertz CT molecular complexity index is 1720. The summed E-state index contributed by atoms with van der Waals surface area (Å²) in [5.74, 6) is -1.99. The lowest BCUT2D eigenvalue weighted by Crippen LogP contribution is -2.48. The van der Waals surface area contributed by atoms with Crippen LogP contribution in [0.1, 0.15) is 42.9 Å². The summed E-state index contributed by atoms with van der Waals surface area (Å²) in [6.07, 6.45) is -1.73. The van der Waals surface area contributed by atoms with E-state index in [2.05, 4.69) is 11.8 Å². The molecule has 1 aliphatic heterocycles. The molecule has 0 saturated carbocycles. The number of benzene rings is 3. The van der Waals surface area contributed by atoms with Crippen molar-refractivity contribution in [3.63, 3.8) is 0 Å². The number of carbonyl (C=O) groups is 1. The maximum atomic E-state index is 14.5. The van der Waals surface area contributed by atoms with Gasteiger partial charge in [-0.25, -0.2) is 8.78 Å². The summed E-state index contributed by atoms with van der Waals surface area (Å²) < 4.78 is 69.2. The van der Waals surface area contributed by atoms with E-state index in [1.54, 1.807) is 28.8 Å². The van der Waals surface area contributed by atoms with Gasteiger partial charge in [0.1, 0.15) is 6.54 Å². The Hall–Kier alpha value is -3.70. The van der Waals surface area contributed by atoms with E-state index in [1.165, 1.54) is 30.3 Å². The van der Waals surface area contributed by atoms with Crippen LogP contribution in [0, 0.1) is 11.6 Å². The highest BCUT2D eigenvalue weighted by molar-refractivity contribution is 7.98. The van der Waals surface area contributed by atoms with Crippen molar-refractivity contribution in [1.82, 2.24) is 14.4 Å². The minimum Gasteiger partial charge on any atom is -0.338 e. The summed E-state index contributed by atoms with van der Waals surface area (Å²) in [4.78, 5) is 31.4. The molecule has 0 unspecified atom stereocenters. The Morgan fingerprint density at radius 3 is 2.39 bits per heavy atom. The van der Waals surface area contributed by atoms with E-state index in [0.29, 0.717) is 35.3 Å². The molecule has 0 radical (unpaired) electrons. The third-order valence-corrected chi connectivity index (χ3v) is 9.68. The summed E-state index contributed by atoms with van der Waals surface area (Å²) in [5.41, 5.74) is 0.544. The summed E-state index contributed by atoms with van der Waals surface area (Å²) in [5, 5.41) is 0.910. The number of nitrogens with zero attached hydrogens (tertiary/aromatic N) is 3. The third-order valence-electron chi connectivity index (χ3n) is 8.59. The van der Waals surface area contributed by atoms with Crippen LogP contribution in [0.2, 0.25) is 0 Å². The molecular weight excluding hydrogens is 621 g/mol. The van der Waals surface area contributed by atoms with E-state index in [-0.39, 0.29) is 35.2 Å². The number of hydrogen-bond acceptors (Lipinski definition) is 4. The maximum absolute atomic E-state index is 14.5. The van der Waals surface area contributed by atoms with Crippen LogP contribution < -0.4 is 5.43 Å². The third kappa shape index (κ3) is 7.98. The molecule has 0 bridgehead atoms. The molecule has 4 aromatic rings. The van der Waals surface area contributed by atoms with Crippen molar-refractivity contribution in [3.05, 3.63) is 111 Å². The number of halogens is 5. The van der Waals surface area contributed by atoms with Crippen LogP contribution >= 0.6 is 11.8 Å². The maximum Gasteiger partial charge on any atom is 0.416 e. The molecule has 1 aliphatic rings. The van der Waals surface area contributed by atoms with Crippen LogP contribution in [0.25, 0.3) is 10.9 Å². The normalized spacial score (nSPS) is 14.6. The summed E-state index contributed by atoms with van der Waals surface area (Å²) in [7, 11) is 0. The van der Waals surface area contributed by atoms with Crippen LogP contribution in [0.15, 0.2) is 82.6 Å². The number of thioether (sulfide) groups is 1. The molecule has 244 valence electrons. The minimum atomic E-state index is -4.40. The van der Waals surface area contributed by atoms with Crippen LogP contribution in [0.5, 0.6) is 0 Å². The smallest absolute Gasteiger partial charge is 0.338 e. The monoisotopic (exact) mass is 657 g/mol. The predicted molar refractivity (Wildman–Crippen MR) is 171 cm³/mol. The van der Waals surface area contributed by atoms with E-state index < -0.39 is 23.4 Å². The van der Waals surface area contributed by atoms with Gasteiger partial charge in [0, 0.05) is 48.4 Å². The Balaban J connectivity index is 1.39. The molecule has 0 atom stereocenters. The van der Waals surface area contributed by atoms with E-state index in [0.717, 1.165) is 68.0 Å². The Labute approximate surface area is 269 Å². The van der Waals surface area contributed by atoms with Gasteiger partial charge in [-0.2, -0.15) is 13.2 Å². The highest BCUT2D eigenvalue weighted by Gasteiger charge is 2.30. The molecule has 5 nitrogen and oxygen atoms in total. The Morgan fingerprint density at radius 1 is 0.978 bits per heavy atom. The number of rotatable bonds is 11. The van der Waals surface area contributed by atoms with Crippen LogP contribution in [-0.4, -0.2) is 52.5 Å². The van der Waals surface area contributed by atoms with Gasteiger partial charge in [-0.3, -0.25) is 9.59 Å². The van der Waals surface area contributed by atoms with Crippen molar-refractivity contribution in [1.29, 1.82) is 0 Å². The lowest BCUT2D eigenvalue weighted by Gasteiger charge is -2.38.